The number of carbonyl (C=O) groups excluding carboxylic acids is 1. The third-order valence-electron chi connectivity index (χ3n) is 4.27. The zero-order chi connectivity index (χ0) is 17.6. The molecule has 25 heavy (non-hydrogen) atoms. The second-order valence-corrected chi connectivity index (χ2v) is 6.26. The van der Waals surface area contributed by atoms with Crippen molar-refractivity contribution in [2.24, 2.45) is 0 Å². The summed E-state index contributed by atoms with van der Waals surface area (Å²) in [6, 6.07) is 13.1. The summed E-state index contributed by atoms with van der Waals surface area (Å²) < 4.78 is 5.63. The predicted molar refractivity (Wildman–Crippen MR) is 99.1 cm³/mol. The Morgan fingerprint density at radius 3 is 2.48 bits per heavy atom. The first kappa shape index (κ1) is 17.2. The van der Waals surface area contributed by atoms with Crippen LogP contribution >= 0.6 is 0 Å². The highest BCUT2D eigenvalue weighted by Crippen LogP contribution is 2.17. The van der Waals surface area contributed by atoms with Gasteiger partial charge < -0.3 is 19.9 Å². The van der Waals surface area contributed by atoms with Crippen molar-refractivity contribution < 1.29 is 9.53 Å². The number of likely N-dealkylation sites (N-methyl/N-ethyl adjacent to an activating group) is 1. The minimum Gasteiger partial charge on any atom is -0.481 e. The van der Waals surface area contributed by atoms with Crippen LogP contribution in [0.2, 0.25) is 0 Å². The molecule has 2 heterocycles. The van der Waals surface area contributed by atoms with Crippen molar-refractivity contribution in [2.75, 3.05) is 43.4 Å². The van der Waals surface area contributed by atoms with Crippen LogP contribution in [-0.4, -0.2) is 55.1 Å². The van der Waals surface area contributed by atoms with Crippen LogP contribution < -0.4 is 15.0 Å². The van der Waals surface area contributed by atoms with Gasteiger partial charge in [0.05, 0.1) is 11.9 Å². The largest absolute Gasteiger partial charge is 0.481 e. The summed E-state index contributed by atoms with van der Waals surface area (Å²) in [6.07, 6.45) is 1.11. The van der Waals surface area contributed by atoms with Crippen LogP contribution in [-0.2, 0) is 4.79 Å². The maximum atomic E-state index is 12.3. The molecule has 1 aliphatic heterocycles. The highest BCUT2D eigenvalue weighted by Gasteiger charge is 2.17. The Labute approximate surface area is 148 Å². The van der Waals surface area contributed by atoms with E-state index < -0.39 is 6.10 Å². The molecule has 6 nitrogen and oxygen atoms in total. The number of carbonyl (C=O) groups is 1. The van der Waals surface area contributed by atoms with E-state index in [0.717, 1.165) is 32.0 Å². The van der Waals surface area contributed by atoms with Gasteiger partial charge in [-0.05, 0) is 38.2 Å². The Morgan fingerprint density at radius 1 is 1.12 bits per heavy atom. The molecule has 1 N–H and O–H groups in total. The summed E-state index contributed by atoms with van der Waals surface area (Å²) in [5, 5.41) is 2.85. The molecule has 1 aliphatic rings. The first-order valence-corrected chi connectivity index (χ1v) is 8.54. The molecule has 6 heteroatoms. The van der Waals surface area contributed by atoms with Crippen molar-refractivity contribution in [3.05, 3.63) is 48.7 Å². The smallest absolute Gasteiger partial charge is 0.265 e. The average molecular weight is 340 g/mol. The summed E-state index contributed by atoms with van der Waals surface area (Å²) in [6.45, 7) is 5.74. The van der Waals surface area contributed by atoms with Crippen LogP contribution in [0.25, 0.3) is 0 Å². The number of para-hydroxylation sites is 1. The van der Waals surface area contributed by atoms with Gasteiger partial charge in [-0.1, -0.05) is 18.2 Å². The van der Waals surface area contributed by atoms with E-state index in [-0.39, 0.29) is 5.91 Å². The van der Waals surface area contributed by atoms with E-state index in [4.69, 9.17) is 4.74 Å². The van der Waals surface area contributed by atoms with Crippen molar-refractivity contribution in [1.29, 1.82) is 0 Å². The molecule has 1 atom stereocenters. The van der Waals surface area contributed by atoms with Gasteiger partial charge in [0.25, 0.3) is 5.91 Å². The van der Waals surface area contributed by atoms with Crippen molar-refractivity contribution >= 4 is 17.4 Å². The molecule has 2 aromatic rings. The molecule has 1 amide bonds. The van der Waals surface area contributed by atoms with E-state index in [0.29, 0.717) is 11.4 Å². The van der Waals surface area contributed by atoms with E-state index in [2.05, 4.69) is 27.1 Å². The number of ether oxygens (including phenoxy) is 1. The number of nitrogens with one attached hydrogen (secondary N) is 1. The minimum absolute atomic E-state index is 0.196. The van der Waals surface area contributed by atoms with E-state index in [1.807, 2.05) is 42.5 Å². The summed E-state index contributed by atoms with van der Waals surface area (Å²) in [4.78, 5) is 21.3. The number of hydrogen-bond donors (Lipinski definition) is 1. The number of piperazine rings is 1. The fourth-order valence-corrected chi connectivity index (χ4v) is 2.68. The normalized spacial score (nSPS) is 16.3. The predicted octanol–water partition coefficient (Wildman–Crippen LogP) is 2.24. The van der Waals surface area contributed by atoms with Gasteiger partial charge >= 0.3 is 0 Å². The van der Waals surface area contributed by atoms with Crippen LogP contribution in [0.15, 0.2) is 48.7 Å². The fraction of sp³-hybridized carbons (Fsp3) is 0.368. The van der Waals surface area contributed by atoms with Crippen molar-refractivity contribution in [2.45, 2.75) is 13.0 Å². The van der Waals surface area contributed by atoms with Crippen LogP contribution in [0, 0.1) is 0 Å². The molecule has 1 fully saturated rings. The minimum atomic E-state index is -0.584. The van der Waals surface area contributed by atoms with Gasteiger partial charge in [0.2, 0.25) is 0 Å². The third kappa shape index (κ3) is 4.70. The fourth-order valence-electron chi connectivity index (χ4n) is 2.68. The van der Waals surface area contributed by atoms with Crippen LogP contribution in [0.3, 0.4) is 0 Å². The number of anilines is 2. The Kier molecular flexibility index (Phi) is 5.50. The molecule has 1 unspecified atom stereocenters. The molecule has 1 saturated heterocycles. The number of pyridine rings is 1. The quantitative estimate of drug-likeness (QED) is 0.905. The molecular weight excluding hydrogens is 316 g/mol. The number of hydrogen-bond acceptors (Lipinski definition) is 5. The molecule has 3 rings (SSSR count). The van der Waals surface area contributed by atoms with E-state index in [1.165, 1.54) is 0 Å². The van der Waals surface area contributed by atoms with Gasteiger partial charge in [-0.15, -0.1) is 0 Å². The zero-order valence-electron chi connectivity index (χ0n) is 14.7. The Morgan fingerprint density at radius 2 is 1.84 bits per heavy atom. The Bertz CT molecular complexity index is 682. The topological polar surface area (TPSA) is 57.7 Å². The summed E-state index contributed by atoms with van der Waals surface area (Å²) >= 11 is 0. The summed E-state index contributed by atoms with van der Waals surface area (Å²) in [5.41, 5.74) is 0.673. The number of nitrogens with zero attached hydrogens (tertiary/aromatic N) is 3. The van der Waals surface area contributed by atoms with Crippen LogP contribution in [0.5, 0.6) is 5.75 Å². The first-order chi connectivity index (χ1) is 12.1. The van der Waals surface area contributed by atoms with Gasteiger partial charge in [-0.3, -0.25) is 4.79 Å². The van der Waals surface area contributed by atoms with Crippen LogP contribution in [0.1, 0.15) is 6.92 Å². The lowest BCUT2D eigenvalue weighted by molar-refractivity contribution is -0.122. The van der Waals surface area contributed by atoms with Crippen LogP contribution in [0.4, 0.5) is 11.5 Å². The monoisotopic (exact) mass is 340 g/mol. The lowest BCUT2D eigenvalue weighted by Crippen LogP contribution is -2.44. The van der Waals surface area contributed by atoms with Crippen molar-refractivity contribution in [3.8, 4) is 5.75 Å². The number of rotatable bonds is 5. The second-order valence-electron chi connectivity index (χ2n) is 6.26. The summed E-state index contributed by atoms with van der Waals surface area (Å²) in [7, 11) is 2.13. The van der Waals surface area contributed by atoms with Crippen molar-refractivity contribution in [1.82, 2.24) is 9.88 Å². The highest BCUT2D eigenvalue weighted by molar-refractivity contribution is 5.94. The van der Waals surface area contributed by atoms with Crippen molar-refractivity contribution in [3.63, 3.8) is 0 Å². The molecule has 0 aliphatic carbocycles. The van der Waals surface area contributed by atoms with Gasteiger partial charge in [0.15, 0.2) is 6.10 Å². The lowest BCUT2D eigenvalue weighted by Gasteiger charge is -2.33. The number of benzene rings is 1. The zero-order valence-corrected chi connectivity index (χ0v) is 14.7. The molecule has 0 radical (unpaired) electrons. The molecule has 0 saturated carbocycles. The van der Waals surface area contributed by atoms with Gasteiger partial charge in [-0.25, -0.2) is 4.98 Å². The van der Waals surface area contributed by atoms with Gasteiger partial charge in [0.1, 0.15) is 11.6 Å². The number of amides is 1. The molecular formula is C19H24N4O2. The molecule has 132 valence electrons. The lowest BCUT2D eigenvalue weighted by atomic mass is 10.3. The Balaban J connectivity index is 1.54. The Hall–Kier alpha value is -2.60. The SMILES string of the molecule is CC(Oc1ccccc1)C(=O)Nc1ccc(N2CCN(C)CC2)nc1. The summed E-state index contributed by atoms with van der Waals surface area (Å²) in [5.74, 6) is 1.42. The maximum Gasteiger partial charge on any atom is 0.265 e. The second kappa shape index (κ2) is 7.98. The van der Waals surface area contributed by atoms with Gasteiger partial charge in [0, 0.05) is 26.2 Å². The molecule has 1 aromatic carbocycles. The van der Waals surface area contributed by atoms with E-state index in [9.17, 15) is 4.79 Å². The van der Waals surface area contributed by atoms with Gasteiger partial charge in [-0.2, -0.15) is 0 Å². The maximum absolute atomic E-state index is 12.3. The van der Waals surface area contributed by atoms with E-state index in [1.54, 1.807) is 13.1 Å². The molecule has 1 aromatic heterocycles. The third-order valence-corrected chi connectivity index (χ3v) is 4.27. The standard InChI is InChI=1S/C19H24N4O2/c1-15(25-17-6-4-3-5-7-17)19(24)21-16-8-9-18(20-14-16)23-12-10-22(2)11-13-23/h3-9,14-15H,10-13H2,1-2H3,(H,21,24). The van der Waals surface area contributed by atoms with E-state index >= 15 is 0 Å². The first-order valence-electron chi connectivity index (χ1n) is 8.54. The molecule has 0 bridgehead atoms. The molecule has 0 spiro atoms. The number of aromatic nitrogens is 1. The average Bonchev–Trinajstić information content (AvgIpc) is 2.64. The highest BCUT2D eigenvalue weighted by atomic mass is 16.5.